The normalized spacial score (nSPS) is 15.4. The summed E-state index contributed by atoms with van der Waals surface area (Å²) in [5.74, 6) is -0.310. The molecule has 2 amide bonds. The summed E-state index contributed by atoms with van der Waals surface area (Å²) in [6, 6.07) is 3.24. The van der Waals surface area contributed by atoms with Crippen LogP contribution in [0.4, 0.5) is 4.79 Å². The van der Waals surface area contributed by atoms with Crippen LogP contribution in [0.3, 0.4) is 0 Å². The molecule has 0 aliphatic carbocycles. The number of thiophene rings is 1. The predicted molar refractivity (Wildman–Crippen MR) is 89.4 cm³/mol. The summed E-state index contributed by atoms with van der Waals surface area (Å²) >= 11 is 1.16. The van der Waals surface area contributed by atoms with Crippen LogP contribution in [0, 0.1) is 6.92 Å². The van der Waals surface area contributed by atoms with Gasteiger partial charge < -0.3 is 14.5 Å². The Labute approximate surface area is 145 Å². The summed E-state index contributed by atoms with van der Waals surface area (Å²) in [5, 5.41) is 0. The molecule has 0 aromatic carbocycles. The average Bonchev–Trinajstić information content (AvgIpc) is 3.00. The number of sulfonamides is 1. The number of nitrogens with zero attached hydrogens (tertiary/aromatic N) is 2. The molecule has 2 heterocycles. The highest BCUT2D eigenvalue weighted by Gasteiger charge is 2.26. The molecule has 0 radical (unpaired) electrons. The van der Waals surface area contributed by atoms with Gasteiger partial charge in [-0.05, 0) is 26.0 Å². The van der Waals surface area contributed by atoms with Crippen molar-refractivity contribution >= 4 is 33.4 Å². The molecule has 0 saturated carbocycles. The Morgan fingerprint density at radius 2 is 1.83 bits per heavy atom. The first kappa shape index (κ1) is 18.7. The van der Waals surface area contributed by atoms with E-state index in [1.54, 1.807) is 13.0 Å². The van der Waals surface area contributed by atoms with Crippen molar-refractivity contribution in [3.8, 4) is 0 Å². The topological polar surface area (TPSA) is 96.0 Å². The van der Waals surface area contributed by atoms with Gasteiger partial charge in [0, 0.05) is 31.1 Å². The fraction of sp³-hybridized carbons (Fsp3) is 0.571. The number of amides is 2. The van der Waals surface area contributed by atoms with Gasteiger partial charge in [0.1, 0.15) is 4.21 Å². The fourth-order valence-electron chi connectivity index (χ4n) is 2.25. The van der Waals surface area contributed by atoms with Gasteiger partial charge >= 0.3 is 6.09 Å². The third kappa shape index (κ3) is 4.68. The number of carbonyl (C=O) groups excluding carboxylic acids is 2. The second kappa shape index (κ2) is 7.95. The van der Waals surface area contributed by atoms with Crippen molar-refractivity contribution in [2.45, 2.75) is 18.1 Å². The van der Waals surface area contributed by atoms with Crippen molar-refractivity contribution < 1.29 is 22.7 Å². The van der Waals surface area contributed by atoms with Gasteiger partial charge in [0.05, 0.1) is 13.2 Å². The van der Waals surface area contributed by atoms with E-state index in [-0.39, 0.29) is 16.7 Å². The number of rotatable bonds is 5. The number of hydrogen-bond acceptors (Lipinski definition) is 6. The highest BCUT2D eigenvalue weighted by molar-refractivity contribution is 7.91. The standard InChI is InChI=1S/C14H21N3O5S2/c1-3-22-14(19)17-8-6-16(7-9-17)12(18)10-15-24(20,21)13-5-4-11(2)23-13/h4-5,15H,3,6-10H2,1-2H3. The summed E-state index contributed by atoms with van der Waals surface area (Å²) in [7, 11) is -3.67. The van der Waals surface area contributed by atoms with Crippen LogP contribution in [0.1, 0.15) is 11.8 Å². The molecule has 1 fully saturated rings. The minimum absolute atomic E-state index is 0.194. The minimum Gasteiger partial charge on any atom is -0.450 e. The molecule has 0 bridgehead atoms. The molecule has 1 aromatic heterocycles. The van der Waals surface area contributed by atoms with Crippen molar-refractivity contribution in [2.75, 3.05) is 39.3 Å². The lowest BCUT2D eigenvalue weighted by atomic mass is 10.3. The largest absolute Gasteiger partial charge is 0.450 e. The van der Waals surface area contributed by atoms with Crippen molar-refractivity contribution in [1.82, 2.24) is 14.5 Å². The molecule has 1 N–H and O–H groups in total. The third-order valence-corrected chi connectivity index (χ3v) is 6.45. The predicted octanol–water partition coefficient (Wildman–Crippen LogP) is 0.636. The summed E-state index contributed by atoms with van der Waals surface area (Å²) in [4.78, 5) is 27.7. The van der Waals surface area contributed by atoms with Crippen LogP contribution < -0.4 is 4.72 Å². The third-order valence-electron chi connectivity index (χ3n) is 3.55. The first-order chi connectivity index (χ1) is 11.3. The van der Waals surface area contributed by atoms with Crippen molar-refractivity contribution in [3.05, 3.63) is 17.0 Å². The molecule has 8 nitrogen and oxygen atoms in total. The highest BCUT2D eigenvalue weighted by Crippen LogP contribution is 2.20. The Hall–Kier alpha value is -1.65. The molecule has 1 aliphatic rings. The van der Waals surface area contributed by atoms with E-state index in [4.69, 9.17) is 4.74 Å². The Kier molecular flexibility index (Phi) is 6.19. The maximum Gasteiger partial charge on any atom is 0.409 e. The molecular formula is C14H21N3O5S2. The molecule has 1 aliphatic heterocycles. The number of nitrogens with one attached hydrogen (secondary N) is 1. The van der Waals surface area contributed by atoms with Crippen LogP contribution in [-0.4, -0.2) is 69.5 Å². The first-order valence-electron chi connectivity index (χ1n) is 7.59. The lowest BCUT2D eigenvalue weighted by Crippen LogP contribution is -2.52. The highest BCUT2D eigenvalue weighted by atomic mass is 32.2. The summed E-state index contributed by atoms with van der Waals surface area (Å²) in [6.07, 6.45) is -0.390. The number of aryl methyl sites for hydroxylation is 1. The molecular weight excluding hydrogens is 354 g/mol. The Morgan fingerprint density at radius 1 is 1.21 bits per heavy atom. The Morgan fingerprint density at radius 3 is 2.38 bits per heavy atom. The minimum atomic E-state index is -3.67. The van der Waals surface area contributed by atoms with E-state index in [9.17, 15) is 18.0 Å². The molecule has 24 heavy (non-hydrogen) atoms. The zero-order valence-corrected chi connectivity index (χ0v) is 15.3. The van der Waals surface area contributed by atoms with E-state index in [2.05, 4.69) is 4.72 Å². The van der Waals surface area contributed by atoms with Gasteiger partial charge in [-0.25, -0.2) is 17.9 Å². The van der Waals surface area contributed by atoms with Crippen LogP contribution in [0.15, 0.2) is 16.3 Å². The van der Waals surface area contributed by atoms with Crippen LogP contribution in [0.2, 0.25) is 0 Å². The van der Waals surface area contributed by atoms with Gasteiger partial charge in [-0.1, -0.05) is 0 Å². The summed E-state index contributed by atoms with van der Waals surface area (Å²) in [5.41, 5.74) is 0. The van der Waals surface area contributed by atoms with E-state index >= 15 is 0 Å². The van der Waals surface area contributed by atoms with Gasteiger partial charge in [0.2, 0.25) is 5.91 Å². The second-order valence-corrected chi connectivity index (χ2v) is 8.54. The van der Waals surface area contributed by atoms with Crippen LogP contribution in [-0.2, 0) is 19.6 Å². The van der Waals surface area contributed by atoms with E-state index in [1.165, 1.54) is 15.9 Å². The second-order valence-electron chi connectivity index (χ2n) is 5.26. The zero-order chi connectivity index (χ0) is 17.7. The average molecular weight is 375 g/mol. The van der Waals surface area contributed by atoms with E-state index < -0.39 is 16.1 Å². The van der Waals surface area contributed by atoms with Crippen LogP contribution in [0.5, 0.6) is 0 Å². The van der Waals surface area contributed by atoms with Crippen molar-refractivity contribution in [2.24, 2.45) is 0 Å². The number of ether oxygens (including phenoxy) is 1. The molecule has 1 saturated heterocycles. The SMILES string of the molecule is CCOC(=O)N1CCN(C(=O)CNS(=O)(=O)c2ccc(C)s2)CC1. The number of piperazine rings is 1. The lowest BCUT2D eigenvalue weighted by Gasteiger charge is -2.34. The van der Waals surface area contributed by atoms with Gasteiger partial charge in [-0.2, -0.15) is 0 Å². The van der Waals surface area contributed by atoms with Gasteiger partial charge in [-0.15, -0.1) is 11.3 Å². The number of hydrogen-bond donors (Lipinski definition) is 1. The van der Waals surface area contributed by atoms with E-state index in [0.717, 1.165) is 16.2 Å². The van der Waals surface area contributed by atoms with Crippen molar-refractivity contribution in [3.63, 3.8) is 0 Å². The first-order valence-corrected chi connectivity index (χ1v) is 9.89. The van der Waals surface area contributed by atoms with E-state index in [1.807, 2.05) is 6.92 Å². The molecule has 10 heteroatoms. The monoisotopic (exact) mass is 375 g/mol. The van der Waals surface area contributed by atoms with Gasteiger partial charge in [-0.3, -0.25) is 4.79 Å². The Balaban J connectivity index is 1.83. The molecule has 134 valence electrons. The van der Waals surface area contributed by atoms with Crippen LogP contribution >= 0.6 is 11.3 Å². The van der Waals surface area contributed by atoms with Gasteiger partial charge in [0.25, 0.3) is 10.0 Å². The molecule has 2 rings (SSSR count). The van der Waals surface area contributed by atoms with Crippen LogP contribution in [0.25, 0.3) is 0 Å². The molecule has 0 unspecified atom stereocenters. The maximum atomic E-state index is 12.2. The number of carbonyl (C=O) groups is 2. The smallest absolute Gasteiger partial charge is 0.409 e. The van der Waals surface area contributed by atoms with E-state index in [0.29, 0.717) is 32.8 Å². The molecule has 0 spiro atoms. The quantitative estimate of drug-likeness (QED) is 0.815. The van der Waals surface area contributed by atoms with Crippen molar-refractivity contribution in [1.29, 1.82) is 0 Å². The molecule has 1 aromatic rings. The summed E-state index contributed by atoms with van der Waals surface area (Å²) in [6.45, 7) is 5.04. The zero-order valence-electron chi connectivity index (χ0n) is 13.6. The summed E-state index contributed by atoms with van der Waals surface area (Å²) < 4.78 is 31.6. The molecule has 0 atom stereocenters. The van der Waals surface area contributed by atoms with Gasteiger partial charge in [0.15, 0.2) is 0 Å². The fourth-order valence-corrected chi connectivity index (χ4v) is 4.55. The lowest BCUT2D eigenvalue weighted by molar-refractivity contribution is -0.131. The Bertz CT molecular complexity index is 693. The maximum absolute atomic E-state index is 12.2.